The highest BCUT2D eigenvalue weighted by Gasteiger charge is 2.00. The van der Waals surface area contributed by atoms with Gasteiger partial charge in [-0.25, -0.2) is 0 Å². The molecule has 0 fully saturated rings. The Morgan fingerprint density at radius 3 is 2.21 bits per heavy atom. The zero-order chi connectivity index (χ0) is 10.6. The highest BCUT2D eigenvalue weighted by molar-refractivity contribution is 5.24. The van der Waals surface area contributed by atoms with E-state index in [0.717, 1.165) is 6.54 Å². The Balaban J connectivity index is 2.64. The van der Waals surface area contributed by atoms with Crippen molar-refractivity contribution < 1.29 is 0 Å². The summed E-state index contributed by atoms with van der Waals surface area (Å²) in [5.74, 6) is 0.608. The first-order valence-corrected chi connectivity index (χ1v) is 5.11. The molecule has 2 N–H and O–H groups in total. The van der Waals surface area contributed by atoms with Gasteiger partial charge in [-0.05, 0) is 24.1 Å². The molecular formula is C12H20N2. The standard InChI is InChI=1S/C12H20N2/c1-10(2)12-6-4-11(5-7-12)8-14(3)9-13/h4-7,10H,8-9,13H2,1-3H3. The summed E-state index contributed by atoms with van der Waals surface area (Å²) in [5, 5.41) is 0. The molecule has 2 heteroatoms. The van der Waals surface area contributed by atoms with Gasteiger partial charge in [0.2, 0.25) is 0 Å². The quantitative estimate of drug-likeness (QED) is 0.741. The van der Waals surface area contributed by atoms with E-state index in [-0.39, 0.29) is 0 Å². The first kappa shape index (κ1) is 11.2. The van der Waals surface area contributed by atoms with Crippen LogP contribution in [-0.2, 0) is 6.54 Å². The number of benzene rings is 1. The molecule has 0 heterocycles. The number of nitrogens with two attached hydrogens (primary N) is 1. The molecule has 0 aromatic heterocycles. The summed E-state index contributed by atoms with van der Waals surface area (Å²) in [7, 11) is 2.02. The zero-order valence-electron chi connectivity index (χ0n) is 9.33. The summed E-state index contributed by atoms with van der Waals surface area (Å²) in [6.45, 7) is 5.95. The van der Waals surface area contributed by atoms with E-state index in [1.54, 1.807) is 0 Å². The lowest BCUT2D eigenvalue weighted by Gasteiger charge is -2.14. The molecule has 0 radical (unpaired) electrons. The van der Waals surface area contributed by atoms with Gasteiger partial charge in [-0.15, -0.1) is 0 Å². The Bertz CT molecular complexity index is 264. The summed E-state index contributed by atoms with van der Waals surface area (Å²) < 4.78 is 0. The summed E-state index contributed by atoms with van der Waals surface area (Å²) in [4.78, 5) is 2.09. The van der Waals surface area contributed by atoms with E-state index >= 15 is 0 Å². The molecule has 1 aromatic carbocycles. The van der Waals surface area contributed by atoms with Gasteiger partial charge in [-0.2, -0.15) is 0 Å². The highest BCUT2D eigenvalue weighted by atomic mass is 15.1. The lowest BCUT2D eigenvalue weighted by Crippen LogP contribution is -2.24. The van der Waals surface area contributed by atoms with Crippen molar-refractivity contribution in [3.63, 3.8) is 0 Å². The van der Waals surface area contributed by atoms with Crippen LogP contribution in [0, 0.1) is 0 Å². The number of nitrogens with zero attached hydrogens (tertiary/aromatic N) is 1. The van der Waals surface area contributed by atoms with Gasteiger partial charge in [0.25, 0.3) is 0 Å². The van der Waals surface area contributed by atoms with E-state index in [2.05, 4.69) is 43.0 Å². The maximum absolute atomic E-state index is 5.52. The summed E-state index contributed by atoms with van der Waals surface area (Å²) >= 11 is 0. The van der Waals surface area contributed by atoms with E-state index in [1.165, 1.54) is 11.1 Å². The molecule has 0 amide bonds. The van der Waals surface area contributed by atoms with Crippen LogP contribution in [-0.4, -0.2) is 18.6 Å². The molecule has 0 aliphatic heterocycles. The molecule has 0 spiro atoms. The first-order valence-electron chi connectivity index (χ1n) is 5.11. The van der Waals surface area contributed by atoms with Crippen LogP contribution in [0.15, 0.2) is 24.3 Å². The van der Waals surface area contributed by atoms with Gasteiger partial charge in [-0.1, -0.05) is 38.1 Å². The Labute approximate surface area is 86.7 Å². The smallest absolute Gasteiger partial charge is 0.0455 e. The lowest BCUT2D eigenvalue weighted by molar-refractivity contribution is 0.337. The molecule has 78 valence electrons. The van der Waals surface area contributed by atoms with Crippen LogP contribution in [0.4, 0.5) is 0 Å². The fraction of sp³-hybridized carbons (Fsp3) is 0.500. The van der Waals surface area contributed by atoms with Crippen LogP contribution in [0.25, 0.3) is 0 Å². The second-order valence-electron chi connectivity index (χ2n) is 4.09. The predicted octanol–water partition coefficient (Wildman–Crippen LogP) is 2.16. The fourth-order valence-corrected chi connectivity index (χ4v) is 1.38. The van der Waals surface area contributed by atoms with Crippen LogP contribution in [0.5, 0.6) is 0 Å². The molecule has 1 aromatic rings. The van der Waals surface area contributed by atoms with Gasteiger partial charge in [0.15, 0.2) is 0 Å². The van der Waals surface area contributed by atoms with Gasteiger partial charge in [0.05, 0.1) is 0 Å². The van der Waals surface area contributed by atoms with Gasteiger partial charge >= 0.3 is 0 Å². The van der Waals surface area contributed by atoms with E-state index < -0.39 is 0 Å². The number of hydrogen-bond donors (Lipinski definition) is 1. The van der Waals surface area contributed by atoms with Crippen LogP contribution in [0.3, 0.4) is 0 Å². The van der Waals surface area contributed by atoms with Crippen LogP contribution in [0.1, 0.15) is 30.9 Å². The maximum Gasteiger partial charge on any atom is 0.0455 e. The topological polar surface area (TPSA) is 29.3 Å². The average Bonchev–Trinajstić information content (AvgIpc) is 2.18. The van der Waals surface area contributed by atoms with Gasteiger partial charge in [0.1, 0.15) is 0 Å². The minimum absolute atomic E-state index is 0.603. The van der Waals surface area contributed by atoms with E-state index in [1.807, 2.05) is 7.05 Å². The van der Waals surface area contributed by atoms with Crippen LogP contribution < -0.4 is 5.73 Å². The van der Waals surface area contributed by atoms with Crippen molar-refractivity contribution >= 4 is 0 Å². The molecule has 2 nitrogen and oxygen atoms in total. The molecule has 0 aliphatic carbocycles. The molecule has 0 bridgehead atoms. The highest BCUT2D eigenvalue weighted by Crippen LogP contribution is 2.15. The monoisotopic (exact) mass is 192 g/mol. The van der Waals surface area contributed by atoms with Crippen molar-refractivity contribution in [2.45, 2.75) is 26.3 Å². The van der Waals surface area contributed by atoms with E-state index in [9.17, 15) is 0 Å². The summed E-state index contributed by atoms with van der Waals surface area (Å²) in [6, 6.07) is 8.76. The summed E-state index contributed by atoms with van der Waals surface area (Å²) in [6.07, 6.45) is 0. The Hall–Kier alpha value is -0.860. The third-order valence-electron chi connectivity index (χ3n) is 2.41. The van der Waals surface area contributed by atoms with Gasteiger partial charge in [0, 0.05) is 13.2 Å². The van der Waals surface area contributed by atoms with Crippen molar-refractivity contribution in [1.82, 2.24) is 4.90 Å². The minimum Gasteiger partial charge on any atom is -0.318 e. The first-order chi connectivity index (χ1) is 6.63. The molecule has 0 saturated carbocycles. The molecule has 0 unspecified atom stereocenters. The normalized spacial score (nSPS) is 11.3. The molecule has 1 rings (SSSR count). The fourth-order valence-electron chi connectivity index (χ4n) is 1.38. The minimum atomic E-state index is 0.603. The van der Waals surface area contributed by atoms with Crippen molar-refractivity contribution in [3.05, 3.63) is 35.4 Å². The predicted molar refractivity (Wildman–Crippen MR) is 61.1 cm³/mol. The SMILES string of the molecule is CC(C)c1ccc(CN(C)CN)cc1. The van der Waals surface area contributed by atoms with E-state index in [0.29, 0.717) is 12.6 Å². The Morgan fingerprint density at radius 1 is 1.21 bits per heavy atom. The van der Waals surface area contributed by atoms with Crippen molar-refractivity contribution in [3.8, 4) is 0 Å². The van der Waals surface area contributed by atoms with Crippen molar-refractivity contribution in [1.29, 1.82) is 0 Å². The zero-order valence-corrected chi connectivity index (χ0v) is 9.33. The third kappa shape index (κ3) is 3.13. The number of rotatable bonds is 4. The Kier molecular flexibility index (Phi) is 4.11. The second-order valence-corrected chi connectivity index (χ2v) is 4.09. The average molecular weight is 192 g/mol. The van der Waals surface area contributed by atoms with Crippen molar-refractivity contribution in [2.24, 2.45) is 5.73 Å². The largest absolute Gasteiger partial charge is 0.318 e. The third-order valence-corrected chi connectivity index (χ3v) is 2.41. The molecule has 0 saturated heterocycles. The van der Waals surface area contributed by atoms with Crippen LogP contribution >= 0.6 is 0 Å². The van der Waals surface area contributed by atoms with E-state index in [4.69, 9.17) is 5.73 Å². The van der Waals surface area contributed by atoms with Gasteiger partial charge < -0.3 is 5.73 Å². The molecular weight excluding hydrogens is 172 g/mol. The maximum atomic E-state index is 5.52. The molecule has 0 atom stereocenters. The lowest BCUT2D eigenvalue weighted by atomic mass is 10.0. The Morgan fingerprint density at radius 2 is 1.79 bits per heavy atom. The molecule has 14 heavy (non-hydrogen) atoms. The summed E-state index contributed by atoms with van der Waals surface area (Å²) in [5.41, 5.74) is 8.24. The van der Waals surface area contributed by atoms with Crippen molar-refractivity contribution in [2.75, 3.05) is 13.7 Å². The second kappa shape index (κ2) is 5.13. The van der Waals surface area contributed by atoms with Crippen LogP contribution in [0.2, 0.25) is 0 Å². The van der Waals surface area contributed by atoms with Gasteiger partial charge in [-0.3, -0.25) is 4.90 Å². The number of hydrogen-bond acceptors (Lipinski definition) is 2. The molecule has 0 aliphatic rings.